The van der Waals surface area contributed by atoms with E-state index in [2.05, 4.69) is 86.1 Å². The van der Waals surface area contributed by atoms with Crippen LogP contribution in [0.15, 0.2) is 66.7 Å². The molecule has 1 N–H and O–H groups in total. The van der Waals surface area contributed by atoms with Crippen molar-refractivity contribution in [2.45, 2.75) is 78.7 Å². The van der Waals surface area contributed by atoms with E-state index in [1.807, 2.05) is 18.2 Å². The van der Waals surface area contributed by atoms with Gasteiger partial charge < -0.3 is 14.6 Å². The van der Waals surface area contributed by atoms with Gasteiger partial charge in [-0.25, -0.2) is 4.98 Å². The summed E-state index contributed by atoms with van der Waals surface area (Å²) >= 11 is 0. The van der Waals surface area contributed by atoms with Crippen LogP contribution in [0.4, 0.5) is 0 Å². The van der Waals surface area contributed by atoms with Gasteiger partial charge in [0.15, 0.2) is 0 Å². The number of hydrogen-bond acceptors (Lipinski definition) is 3. The van der Waals surface area contributed by atoms with Crippen LogP contribution < -0.4 is 10.1 Å². The molecule has 39 heavy (non-hydrogen) atoms. The lowest BCUT2D eigenvalue weighted by molar-refractivity contribution is -0.120. The summed E-state index contributed by atoms with van der Waals surface area (Å²) in [6, 6.07) is 23.0. The van der Waals surface area contributed by atoms with Gasteiger partial charge in [0.05, 0.1) is 24.1 Å². The van der Waals surface area contributed by atoms with E-state index >= 15 is 0 Å². The highest BCUT2D eigenvalue weighted by molar-refractivity contribution is 5.78. The van der Waals surface area contributed by atoms with Crippen molar-refractivity contribution in [2.24, 2.45) is 0 Å². The Balaban J connectivity index is 1.25. The molecule has 0 saturated heterocycles. The minimum atomic E-state index is 0.0967. The van der Waals surface area contributed by atoms with E-state index in [1.54, 1.807) is 0 Å². The average Bonchev–Trinajstić information content (AvgIpc) is 3.27. The van der Waals surface area contributed by atoms with E-state index in [-0.39, 0.29) is 5.91 Å². The molecular weight excluding hydrogens is 482 g/mol. The number of unbranched alkanes of at least 4 members (excludes halogenated alkanes) is 2. The van der Waals surface area contributed by atoms with E-state index in [0.717, 1.165) is 73.4 Å². The number of imidazole rings is 1. The van der Waals surface area contributed by atoms with Crippen molar-refractivity contribution in [1.82, 2.24) is 14.9 Å². The molecule has 0 atom stereocenters. The number of nitrogens with zero attached hydrogens (tertiary/aromatic N) is 2. The number of para-hydroxylation sites is 2. The maximum Gasteiger partial charge on any atom is 0.224 e. The van der Waals surface area contributed by atoms with E-state index < -0.39 is 0 Å². The molecule has 0 fully saturated rings. The molecule has 0 unspecified atom stereocenters. The second kappa shape index (κ2) is 14.0. The fourth-order valence-electron chi connectivity index (χ4n) is 5.07. The van der Waals surface area contributed by atoms with Gasteiger partial charge in [-0.3, -0.25) is 4.79 Å². The number of hydrogen-bond donors (Lipinski definition) is 1. The van der Waals surface area contributed by atoms with Crippen LogP contribution in [-0.2, 0) is 24.2 Å². The Kier molecular flexibility index (Phi) is 10.2. The zero-order chi connectivity index (χ0) is 27.6. The number of carbonyl (C=O) groups excluding carboxylic acids is 1. The second-order valence-corrected chi connectivity index (χ2v) is 10.8. The number of ether oxygens (including phenoxy) is 1. The minimum absolute atomic E-state index is 0.0967. The Labute approximate surface area is 233 Å². The summed E-state index contributed by atoms with van der Waals surface area (Å²) < 4.78 is 8.61. The van der Waals surface area contributed by atoms with Crippen LogP contribution >= 0.6 is 0 Å². The number of carbonyl (C=O) groups is 1. The van der Waals surface area contributed by atoms with Gasteiger partial charge in [-0.1, -0.05) is 68.8 Å². The minimum Gasteiger partial charge on any atom is -0.493 e. The molecule has 206 valence electrons. The summed E-state index contributed by atoms with van der Waals surface area (Å²) in [6.07, 6.45) is 5.38. The van der Waals surface area contributed by atoms with Crippen molar-refractivity contribution >= 4 is 16.9 Å². The molecular formula is C34H43N3O2. The highest BCUT2D eigenvalue weighted by Gasteiger charge is 2.12. The van der Waals surface area contributed by atoms with Crippen molar-refractivity contribution in [3.05, 3.63) is 94.8 Å². The molecule has 1 aromatic heterocycles. The Morgan fingerprint density at radius 3 is 2.56 bits per heavy atom. The third kappa shape index (κ3) is 7.95. The molecule has 0 aliphatic carbocycles. The zero-order valence-corrected chi connectivity index (χ0v) is 24.0. The maximum atomic E-state index is 12.3. The molecule has 0 saturated carbocycles. The fourth-order valence-corrected chi connectivity index (χ4v) is 5.07. The maximum absolute atomic E-state index is 12.3. The van der Waals surface area contributed by atoms with Crippen LogP contribution in [0.3, 0.4) is 0 Å². The van der Waals surface area contributed by atoms with Crippen molar-refractivity contribution in [3.63, 3.8) is 0 Å². The summed E-state index contributed by atoms with van der Waals surface area (Å²) in [5.74, 6) is 2.68. The number of amides is 1. The van der Waals surface area contributed by atoms with Crippen molar-refractivity contribution in [1.29, 1.82) is 0 Å². The molecule has 1 amide bonds. The number of aromatic nitrogens is 2. The molecule has 0 spiro atoms. The number of fused-ring (bicyclic) bond motifs is 1. The smallest absolute Gasteiger partial charge is 0.224 e. The summed E-state index contributed by atoms with van der Waals surface area (Å²) in [4.78, 5) is 17.3. The second-order valence-electron chi connectivity index (χ2n) is 10.8. The van der Waals surface area contributed by atoms with Crippen LogP contribution in [0.25, 0.3) is 11.0 Å². The monoisotopic (exact) mass is 525 g/mol. The van der Waals surface area contributed by atoms with Crippen LogP contribution in [0, 0.1) is 13.8 Å². The summed E-state index contributed by atoms with van der Waals surface area (Å²) in [5.41, 5.74) is 6.99. The first-order valence-electron chi connectivity index (χ1n) is 14.4. The summed E-state index contributed by atoms with van der Waals surface area (Å²) in [5, 5.41) is 3.08. The van der Waals surface area contributed by atoms with Crippen LogP contribution in [0.1, 0.15) is 73.5 Å². The van der Waals surface area contributed by atoms with Crippen molar-refractivity contribution < 1.29 is 9.53 Å². The molecule has 0 aliphatic heterocycles. The number of rotatable bonds is 14. The predicted molar refractivity (Wildman–Crippen MR) is 161 cm³/mol. The van der Waals surface area contributed by atoms with Gasteiger partial charge in [-0.2, -0.15) is 0 Å². The highest BCUT2D eigenvalue weighted by atomic mass is 16.5. The first-order valence-corrected chi connectivity index (χ1v) is 14.4. The lowest BCUT2D eigenvalue weighted by atomic mass is 10.0. The van der Waals surface area contributed by atoms with Crippen molar-refractivity contribution in [2.75, 3.05) is 13.2 Å². The Morgan fingerprint density at radius 2 is 1.74 bits per heavy atom. The third-order valence-electron chi connectivity index (χ3n) is 7.32. The summed E-state index contributed by atoms with van der Waals surface area (Å²) in [7, 11) is 0. The molecule has 4 rings (SSSR count). The first-order chi connectivity index (χ1) is 18.9. The highest BCUT2D eigenvalue weighted by Crippen LogP contribution is 2.28. The molecule has 5 nitrogen and oxygen atoms in total. The van der Waals surface area contributed by atoms with Crippen molar-refractivity contribution in [3.8, 4) is 5.75 Å². The lowest BCUT2D eigenvalue weighted by Crippen LogP contribution is -2.26. The molecule has 3 aromatic carbocycles. The molecule has 1 heterocycles. The van der Waals surface area contributed by atoms with Crippen LogP contribution in [-0.4, -0.2) is 28.6 Å². The molecule has 5 heteroatoms. The first kappa shape index (κ1) is 28.4. The zero-order valence-electron chi connectivity index (χ0n) is 24.0. The van der Waals surface area contributed by atoms with Gasteiger partial charge in [0.2, 0.25) is 5.91 Å². The number of nitrogens with one attached hydrogen (secondary N) is 1. The Morgan fingerprint density at radius 1 is 0.949 bits per heavy atom. The standard InChI is InChI=1S/C34H43N3O2/c1-25(2)29-19-18-26(3)23-32(29)39-22-12-21-37-31-16-10-9-15-30(31)36-33(37)17-6-5-11-20-35-34(38)24-28-14-8-7-13-27(28)4/h7-10,13-16,18-19,23,25H,5-6,11-12,17,20-22,24H2,1-4H3,(H,35,38). The van der Waals surface area contributed by atoms with E-state index in [0.29, 0.717) is 18.9 Å². The molecule has 4 aromatic rings. The van der Waals surface area contributed by atoms with Gasteiger partial charge >= 0.3 is 0 Å². The topological polar surface area (TPSA) is 56.1 Å². The van der Waals surface area contributed by atoms with Gasteiger partial charge in [0.25, 0.3) is 0 Å². The lowest BCUT2D eigenvalue weighted by Gasteiger charge is -2.15. The third-order valence-corrected chi connectivity index (χ3v) is 7.32. The number of aryl methyl sites for hydroxylation is 4. The van der Waals surface area contributed by atoms with E-state index in [1.165, 1.54) is 16.6 Å². The molecule has 0 aliphatic rings. The van der Waals surface area contributed by atoms with E-state index in [9.17, 15) is 4.79 Å². The average molecular weight is 526 g/mol. The largest absolute Gasteiger partial charge is 0.493 e. The Bertz CT molecular complexity index is 1370. The fraction of sp³-hybridized carbons (Fsp3) is 0.412. The Hall–Kier alpha value is -3.60. The quantitative estimate of drug-likeness (QED) is 0.176. The summed E-state index contributed by atoms with van der Waals surface area (Å²) in [6.45, 7) is 10.9. The van der Waals surface area contributed by atoms with Gasteiger partial charge in [-0.15, -0.1) is 0 Å². The normalized spacial score (nSPS) is 11.3. The van der Waals surface area contributed by atoms with Gasteiger partial charge in [0, 0.05) is 19.5 Å². The van der Waals surface area contributed by atoms with Crippen LogP contribution in [0.5, 0.6) is 5.75 Å². The van der Waals surface area contributed by atoms with Crippen LogP contribution in [0.2, 0.25) is 0 Å². The van der Waals surface area contributed by atoms with Gasteiger partial charge in [-0.05, 0) is 79.5 Å². The SMILES string of the molecule is Cc1ccc(C(C)C)c(OCCCn2c(CCCCCNC(=O)Cc3ccccc3C)nc3ccccc32)c1. The molecule has 0 radical (unpaired) electrons. The predicted octanol–water partition coefficient (Wildman–Crippen LogP) is 7.32. The van der Waals surface area contributed by atoms with E-state index in [4.69, 9.17) is 9.72 Å². The van der Waals surface area contributed by atoms with Gasteiger partial charge in [0.1, 0.15) is 11.6 Å². The number of benzene rings is 3. The molecule has 0 bridgehead atoms.